The van der Waals surface area contributed by atoms with Gasteiger partial charge in [0.05, 0.1) is 0 Å². The molecule has 4 nitrogen and oxygen atoms in total. The third-order valence-corrected chi connectivity index (χ3v) is 5.67. The number of allylic oxidation sites excluding steroid dienone is 1. The lowest BCUT2D eigenvalue weighted by atomic mass is 10.0. The Bertz CT molecular complexity index is 1030. The first kappa shape index (κ1) is 21.5. The van der Waals surface area contributed by atoms with Crippen molar-refractivity contribution in [2.24, 2.45) is 0 Å². The molecule has 0 heterocycles. The van der Waals surface area contributed by atoms with Gasteiger partial charge in [0.1, 0.15) is 4.95 Å². The number of nitrogens with zero attached hydrogens (tertiary/aromatic N) is 1. The molecule has 1 atom stereocenters. The highest BCUT2D eigenvalue weighted by molar-refractivity contribution is 9.09. The van der Waals surface area contributed by atoms with E-state index in [0.29, 0.717) is 17.7 Å². The maximum absolute atomic E-state index is 13.4. The summed E-state index contributed by atoms with van der Waals surface area (Å²) in [6.07, 6.45) is 1.82. The van der Waals surface area contributed by atoms with E-state index in [1.54, 1.807) is 17.0 Å². The number of amides is 1. The van der Waals surface area contributed by atoms with Crippen LogP contribution in [-0.4, -0.2) is 17.0 Å². The molecule has 0 saturated carbocycles. The van der Waals surface area contributed by atoms with Gasteiger partial charge in [-0.3, -0.25) is 9.69 Å². The molecule has 0 spiro atoms. The molecule has 30 heavy (non-hydrogen) atoms. The fourth-order valence-corrected chi connectivity index (χ4v) is 3.93. The molecule has 0 fully saturated rings. The van der Waals surface area contributed by atoms with E-state index in [2.05, 4.69) is 15.9 Å². The van der Waals surface area contributed by atoms with Crippen molar-refractivity contribution in [3.05, 3.63) is 108 Å². The van der Waals surface area contributed by atoms with Gasteiger partial charge in [-0.15, -0.1) is 0 Å². The molecule has 3 aromatic carbocycles. The predicted molar refractivity (Wildman–Crippen MR) is 124 cm³/mol. The van der Waals surface area contributed by atoms with Crippen LogP contribution in [0.5, 0.6) is 0 Å². The number of carbonyl (C=O) groups excluding carboxylic acids is 1. The van der Waals surface area contributed by atoms with Gasteiger partial charge in [-0.1, -0.05) is 83.5 Å². The first-order valence-electron chi connectivity index (χ1n) is 9.62. The first-order chi connectivity index (χ1) is 14.5. The molecule has 0 saturated heterocycles. The molecule has 0 aliphatic rings. The van der Waals surface area contributed by atoms with Gasteiger partial charge in [-0.25, -0.2) is 4.79 Å². The molecule has 5 heteroatoms. The van der Waals surface area contributed by atoms with Crippen molar-refractivity contribution in [2.45, 2.75) is 18.3 Å². The smallest absolute Gasteiger partial charge is 0.328 e. The van der Waals surface area contributed by atoms with E-state index in [9.17, 15) is 9.59 Å². The van der Waals surface area contributed by atoms with E-state index in [-0.39, 0.29) is 10.9 Å². The highest BCUT2D eigenvalue weighted by Crippen LogP contribution is 2.34. The first-order valence-corrected chi connectivity index (χ1v) is 10.5. The Hall–Kier alpha value is -3.18. The largest absolute Gasteiger partial charge is 0.478 e. The Morgan fingerprint density at radius 3 is 2.00 bits per heavy atom. The number of anilines is 1. The average molecular weight is 464 g/mol. The lowest BCUT2D eigenvalue weighted by molar-refractivity contribution is -0.131. The van der Waals surface area contributed by atoms with Gasteiger partial charge in [0, 0.05) is 17.3 Å². The molecule has 1 unspecified atom stereocenters. The summed E-state index contributed by atoms with van der Waals surface area (Å²) in [7, 11) is 0. The summed E-state index contributed by atoms with van der Waals surface area (Å²) in [6, 6.07) is 26.2. The fraction of sp³-hybridized carbons (Fsp3) is 0.120. The van der Waals surface area contributed by atoms with Crippen molar-refractivity contribution in [1.29, 1.82) is 0 Å². The van der Waals surface area contributed by atoms with Crippen LogP contribution in [0, 0.1) is 0 Å². The van der Waals surface area contributed by atoms with E-state index >= 15 is 0 Å². The molecule has 0 aliphatic heterocycles. The molecule has 0 bridgehead atoms. The Morgan fingerprint density at radius 1 is 0.900 bits per heavy atom. The molecular formula is C25H22BrNO3. The monoisotopic (exact) mass is 463 g/mol. The summed E-state index contributed by atoms with van der Waals surface area (Å²) in [5.41, 5.74) is 3.80. The van der Waals surface area contributed by atoms with E-state index < -0.39 is 5.97 Å². The number of rotatable bonds is 7. The zero-order valence-electron chi connectivity index (χ0n) is 16.5. The molecule has 0 aromatic heterocycles. The summed E-state index contributed by atoms with van der Waals surface area (Å²) >= 11 is 3.70. The molecule has 3 aromatic rings. The molecule has 0 aliphatic carbocycles. The van der Waals surface area contributed by atoms with Crippen molar-refractivity contribution >= 4 is 39.1 Å². The van der Waals surface area contributed by atoms with Crippen LogP contribution < -0.4 is 4.90 Å². The normalized spacial score (nSPS) is 12.3. The number of carboxylic acid groups (broad SMARTS) is 1. The number of carboxylic acids is 1. The molecular weight excluding hydrogens is 442 g/mol. The quantitative estimate of drug-likeness (QED) is 0.254. The molecule has 1 N–H and O–H groups in total. The minimum Gasteiger partial charge on any atom is -0.478 e. The molecule has 3 rings (SSSR count). The van der Waals surface area contributed by atoms with Crippen molar-refractivity contribution in [1.82, 2.24) is 0 Å². The summed E-state index contributed by atoms with van der Waals surface area (Å²) < 4.78 is 0. The second-order valence-electron chi connectivity index (χ2n) is 6.70. The molecule has 0 radical (unpaired) electrons. The number of halogens is 1. The third-order valence-electron chi connectivity index (χ3n) is 4.74. The van der Waals surface area contributed by atoms with Gasteiger partial charge in [0.15, 0.2) is 0 Å². The van der Waals surface area contributed by atoms with Crippen LogP contribution in [0.2, 0.25) is 0 Å². The SMILES string of the molecule is CC/C(=C\C(=O)O)c1ccc(N(C(=O)c2ccccc2)C(Br)c2ccccc2)cc1. The van der Waals surface area contributed by atoms with Crippen LogP contribution in [0.3, 0.4) is 0 Å². The number of carbonyl (C=O) groups is 2. The highest BCUT2D eigenvalue weighted by Gasteiger charge is 2.25. The Morgan fingerprint density at radius 2 is 1.47 bits per heavy atom. The standard InChI is InChI=1S/C25H22BrNO3/c1-2-18(17-23(28)29)19-13-15-22(16-14-19)27(24(26)20-9-5-3-6-10-20)25(30)21-11-7-4-8-12-21/h3-17,24H,2H2,1H3,(H,28,29)/b18-17+. The minimum absolute atomic E-state index is 0.133. The van der Waals surface area contributed by atoms with Gasteiger partial charge in [0.2, 0.25) is 0 Å². The van der Waals surface area contributed by atoms with Gasteiger partial charge >= 0.3 is 5.97 Å². The summed E-state index contributed by atoms with van der Waals surface area (Å²) in [5, 5.41) is 9.08. The van der Waals surface area contributed by atoms with E-state index in [1.807, 2.05) is 79.7 Å². The maximum Gasteiger partial charge on any atom is 0.328 e. The van der Waals surface area contributed by atoms with Crippen LogP contribution in [0.4, 0.5) is 5.69 Å². The van der Waals surface area contributed by atoms with Gasteiger partial charge < -0.3 is 5.11 Å². The van der Waals surface area contributed by atoms with Crippen molar-refractivity contribution in [3.8, 4) is 0 Å². The van der Waals surface area contributed by atoms with Gasteiger partial charge in [-0.2, -0.15) is 0 Å². The zero-order valence-corrected chi connectivity index (χ0v) is 18.1. The predicted octanol–water partition coefficient (Wildman–Crippen LogP) is 6.31. The lowest BCUT2D eigenvalue weighted by Gasteiger charge is -2.29. The Labute approximate surface area is 184 Å². The average Bonchev–Trinajstić information content (AvgIpc) is 2.79. The fourth-order valence-electron chi connectivity index (χ4n) is 3.21. The number of hydrogen-bond donors (Lipinski definition) is 1. The number of benzene rings is 3. The second kappa shape index (κ2) is 10.0. The highest BCUT2D eigenvalue weighted by atomic mass is 79.9. The van der Waals surface area contributed by atoms with Crippen LogP contribution >= 0.6 is 15.9 Å². The van der Waals surface area contributed by atoms with Crippen LogP contribution in [-0.2, 0) is 4.79 Å². The summed E-state index contributed by atoms with van der Waals surface area (Å²) in [6.45, 7) is 1.91. The van der Waals surface area contributed by atoms with Gasteiger partial charge in [0.25, 0.3) is 5.91 Å². The van der Waals surface area contributed by atoms with Crippen LogP contribution in [0.1, 0.15) is 39.8 Å². The number of alkyl halides is 1. The number of aliphatic carboxylic acids is 1. The van der Waals surface area contributed by atoms with Gasteiger partial charge in [-0.05, 0) is 47.4 Å². The topological polar surface area (TPSA) is 57.6 Å². The molecule has 1 amide bonds. The van der Waals surface area contributed by atoms with Crippen molar-refractivity contribution in [2.75, 3.05) is 4.90 Å². The van der Waals surface area contributed by atoms with Crippen LogP contribution in [0.25, 0.3) is 5.57 Å². The van der Waals surface area contributed by atoms with E-state index in [1.165, 1.54) is 6.08 Å². The summed E-state index contributed by atoms with van der Waals surface area (Å²) in [4.78, 5) is 25.8. The van der Waals surface area contributed by atoms with Crippen molar-refractivity contribution in [3.63, 3.8) is 0 Å². The Kier molecular flexibility index (Phi) is 7.20. The van der Waals surface area contributed by atoms with Crippen LogP contribution in [0.15, 0.2) is 91.0 Å². The van der Waals surface area contributed by atoms with Crippen molar-refractivity contribution < 1.29 is 14.7 Å². The third kappa shape index (κ3) is 5.05. The summed E-state index contributed by atoms with van der Waals surface area (Å²) in [5.74, 6) is -1.10. The zero-order chi connectivity index (χ0) is 21.5. The second-order valence-corrected chi connectivity index (χ2v) is 7.56. The molecule has 152 valence electrons. The van der Waals surface area contributed by atoms with E-state index in [4.69, 9.17) is 5.11 Å². The lowest BCUT2D eigenvalue weighted by Crippen LogP contribution is -2.32. The minimum atomic E-state index is -0.971. The number of hydrogen-bond acceptors (Lipinski definition) is 2. The van der Waals surface area contributed by atoms with E-state index in [0.717, 1.165) is 16.7 Å². The Balaban J connectivity index is 2.02. The maximum atomic E-state index is 13.4.